The highest BCUT2D eigenvalue weighted by molar-refractivity contribution is 5.41. The van der Waals surface area contributed by atoms with Crippen LogP contribution in [0.5, 0.6) is 5.75 Å². The molecule has 1 N–H and O–H groups in total. The number of rotatable bonds is 2. The summed E-state index contributed by atoms with van der Waals surface area (Å²) in [6.45, 7) is 1.16. The van der Waals surface area contributed by atoms with Crippen LogP contribution in [0.3, 0.4) is 0 Å². The van der Waals surface area contributed by atoms with Crippen LogP contribution in [0.25, 0.3) is 5.65 Å². The fourth-order valence-corrected chi connectivity index (χ4v) is 2.68. The van der Waals surface area contributed by atoms with E-state index in [4.69, 9.17) is 0 Å². The number of fused-ring (bicyclic) bond motifs is 1. The summed E-state index contributed by atoms with van der Waals surface area (Å²) in [6, 6.07) is 3.96. The quantitative estimate of drug-likeness (QED) is 0.871. The van der Waals surface area contributed by atoms with Gasteiger partial charge in [-0.05, 0) is 38.6 Å². The van der Waals surface area contributed by atoms with Crippen molar-refractivity contribution < 1.29 is 5.11 Å². The summed E-state index contributed by atoms with van der Waals surface area (Å²) < 4.78 is 1.89. The molecule has 1 fully saturated rings. The molecule has 5 nitrogen and oxygen atoms in total. The molecule has 1 aliphatic heterocycles. The van der Waals surface area contributed by atoms with Gasteiger partial charge in [-0.2, -0.15) is 0 Å². The maximum absolute atomic E-state index is 9.54. The number of hydrogen-bond acceptors (Lipinski definition) is 4. The zero-order chi connectivity index (χ0) is 12.5. The molecule has 0 bridgehead atoms. The van der Waals surface area contributed by atoms with Gasteiger partial charge in [-0.1, -0.05) is 6.42 Å². The second-order valence-electron chi connectivity index (χ2n) is 5.07. The Labute approximate surface area is 106 Å². The number of likely N-dealkylation sites (tertiary alicyclic amines) is 1. The van der Waals surface area contributed by atoms with Crippen LogP contribution in [0.4, 0.5) is 0 Å². The highest BCUT2D eigenvalue weighted by atomic mass is 16.3. The normalized spacial score (nSPS) is 21.5. The van der Waals surface area contributed by atoms with E-state index in [2.05, 4.69) is 22.1 Å². The summed E-state index contributed by atoms with van der Waals surface area (Å²) in [6.07, 6.45) is 6.37. The lowest BCUT2D eigenvalue weighted by atomic mass is 10.00. The Bertz CT molecular complexity index is 551. The molecular formula is C13H18N4O. The molecule has 1 unspecified atom stereocenters. The fourth-order valence-electron chi connectivity index (χ4n) is 2.68. The highest BCUT2D eigenvalue weighted by Crippen LogP contribution is 2.19. The zero-order valence-corrected chi connectivity index (χ0v) is 10.6. The lowest BCUT2D eigenvalue weighted by molar-refractivity contribution is 0.182. The zero-order valence-electron chi connectivity index (χ0n) is 10.6. The third-order valence-corrected chi connectivity index (χ3v) is 3.80. The van der Waals surface area contributed by atoms with E-state index >= 15 is 0 Å². The third-order valence-electron chi connectivity index (χ3n) is 3.80. The second kappa shape index (κ2) is 4.57. The van der Waals surface area contributed by atoms with E-state index in [0.29, 0.717) is 6.04 Å². The van der Waals surface area contributed by atoms with Crippen LogP contribution in [0.1, 0.15) is 25.1 Å². The number of piperidine rings is 1. The number of aromatic nitrogens is 3. The van der Waals surface area contributed by atoms with Crippen molar-refractivity contribution in [2.24, 2.45) is 0 Å². The smallest absolute Gasteiger partial charge is 0.161 e. The Kier molecular flexibility index (Phi) is 2.91. The van der Waals surface area contributed by atoms with E-state index < -0.39 is 0 Å². The van der Waals surface area contributed by atoms with Gasteiger partial charge in [0.05, 0.1) is 6.20 Å². The van der Waals surface area contributed by atoms with Gasteiger partial charge in [0, 0.05) is 12.5 Å². The van der Waals surface area contributed by atoms with E-state index in [-0.39, 0.29) is 5.75 Å². The van der Waals surface area contributed by atoms with Crippen LogP contribution in [-0.2, 0) is 6.42 Å². The number of likely N-dealkylation sites (N-methyl/N-ethyl adjacent to an activating group) is 1. The molecule has 96 valence electrons. The summed E-state index contributed by atoms with van der Waals surface area (Å²) in [5, 5.41) is 17.9. The van der Waals surface area contributed by atoms with Gasteiger partial charge in [0.15, 0.2) is 5.65 Å². The van der Waals surface area contributed by atoms with Gasteiger partial charge in [0.2, 0.25) is 0 Å². The van der Waals surface area contributed by atoms with Crippen molar-refractivity contribution in [3.63, 3.8) is 0 Å². The summed E-state index contributed by atoms with van der Waals surface area (Å²) >= 11 is 0. The molecule has 0 spiro atoms. The Morgan fingerprint density at radius 3 is 3.06 bits per heavy atom. The number of hydrogen-bond donors (Lipinski definition) is 1. The van der Waals surface area contributed by atoms with E-state index in [9.17, 15) is 5.11 Å². The molecule has 18 heavy (non-hydrogen) atoms. The molecule has 2 aromatic rings. The summed E-state index contributed by atoms with van der Waals surface area (Å²) in [5.74, 6) is 1.18. The van der Waals surface area contributed by atoms with Gasteiger partial charge < -0.3 is 10.0 Å². The average Bonchev–Trinajstić information content (AvgIpc) is 2.75. The lowest BCUT2D eigenvalue weighted by Crippen LogP contribution is -2.38. The molecule has 5 heteroatoms. The Morgan fingerprint density at radius 2 is 2.22 bits per heavy atom. The van der Waals surface area contributed by atoms with Gasteiger partial charge in [-0.25, -0.2) is 0 Å². The van der Waals surface area contributed by atoms with Crippen LogP contribution in [0.15, 0.2) is 18.3 Å². The number of pyridine rings is 1. The van der Waals surface area contributed by atoms with Crippen molar-refractivity contribution >= 4 is 5.65 Å². The van der Waals surface area contributed by atoms with Gasteiger partial charge in [0.25, 0.3) is 0 Å². The number of aromatic hydroxyl groups is 1. The molecule has 3 heterocycles. The van der Waals surface area contributed by atoms with Gasteiger partial charge in [-0.3, -0.25) is 4.40 Å². The minimum Gasteiger partial charge on any atom is -0.506 e. The first-order valence-electron chi connectivity index (χ1n) is 6.47. The monoisotopic (exact) mass is 246 g/mol. The first kappa shape index (κ1) is 11.5. The van der Waals surface area contributed by atoms with Crippen molar-refractivity contribution in [1.29, 1.82) is 0 Å². The minimum atomic E-state index is 0.251. The molecule has 0 radical (unpaired) electrons. The maximum Gasteiger partial charge on any atom is 0.161 e. The van der Waals surface area contributed by atoms with Crippen molar-refractivity contribution in [2.45, 2.75) is 31.7 Å². The third kappa shape index (κ3) is 2.06. The predicted molar refractivity (Wildman–Crippen MR) is 68.6 cm³/mol. The van der Waals surface area contributed by atoms with E-state index in [0.717, 1.165) is 24.4 Å². The molecule has 0 saturated carbocycles. The average molecular weight is 246 g/mol. The van der Waals surface area contributed by atoms with Crippen LogP contribution in [-0.4, -0.2) is 44.2 Å². The van der Waals surface area contributed by atoms with E-state index in [1.807, 2.05) is 4.40 Å². The van der Waals surface area contributed by atoms with Gasteiger partial charge in [0.1, 0.15) is 11.6 Å². The molecule has 2 aromatic heterocycles. The predicted octanol–water partition coefficient (Wildman–Crippen LogP) is 1.46. The van der Waals surface area contributed by atoms with Gasteiger partial charge in [-0.15, -0.1) is 10.2 Å². The van der Waals surface area contributed by atoms with Crippen molar-refractivity contribution in [2.75, 3.05) is 13.6 Å². The second-order valence-corrected chi connectivity index (χ2v) is 5.07. The van der Waals surface area contributed by atoms with Crippen LogP contribution < -0.4 is 0 Å². The van der Waals surface area contributed by atoms with Crippen molar-refractivity contribution in [3.05, 3.63) is 24.2 Å². The van der Waals surface area contributed by atoms with Gasteiger partial charge >= 0.3 is 0 Å². The van der Waals surface area contributed by atoms with Crippen molar-refractivity contribution in [3.8, 4) is 5.75 Å². The topological polar surface area (TPSA) is 53.7 Å². The van der Waals surface area contributed by atoms with Crippen LogP contribution >= 0.6 is 0 Å². The lowest BCUT2D eigenvalue weighted by Gasteiger charge is -2.31. The summed E-state index contributed by atoms with van der Waals surface area (Å²) in [4.78, 5) is 2.40. The highest BCUT2D eigenvalue weighted by Gasteiger charge is 2.21. The molecular weight excluding hydrogens is 228 g/mol. The Balaban J connectivity index is 1.87. The molecule has 1 saturated heterocycles. The first-order chi connectivity index (χ1) is 8.74. The molecule has 0 aromatic carbocycles. The molecule has 3 rings (SSSR count). The fraction of sp³-hybridized carbons (Fsp3) is 0.538. The molecule has 0 amide bonds. The molecule has 1 atom stereocenters. The van der Waals surface area contributed by atoms with Crippen LogP contribution in [0.2, 0.25) is 0 Å². The van der Waals surface area contributed by atoms with Crippen molar-refractivity contribution in [1.82, 2.24) is 19.5 Å². The van der Waals surface area contributed by atoms with Crippen LogP contribution in [0, 0.1) is 0 Å². The largest absolute Gasteiger partial charge is 0.506 e. The first-order valence-corrected chi connectivity index (χ1v) is 6.47. The number of nitrogens with zero attached hydrogens (tertiary/aromatic N) is 4. The summed E-state index contributed by atoms with van der Waals surface area (Å²) in [7, 11) is 2.17. The maximum atomic E-state index is 9.54. The standard InChI is InChI=1S/C13H18N4O/c1-16-7-3-2-4-10(16)8-13-15-14-12-6-5-11(18)9-17(12)13/h5-6,9-10,18H,2-4,7-8H2,1H3. The minimum absolute atomic E-state index is 0.251. The molecule has 0 aliphatic carbocycles. The van der Waals surface area contributed by atoms with E-state index in [1.54, 1.807) is 18.3 Å². The Hall–Kier alpha value is -1.62. The molecule has 1 aliphatic rings. The summed E-state index contributed by atoms with van der Waals surface area (Å²) in [5.41, 5.74) is 0.793. The van der Waals surface area contributed by atoms with E-state index in [1.165, 1.54) is 19.3 Å². The SMILES string of the molecule is CN1CCCCC1Cc1nnc2ccc(O)cn12. The Morgan fingerprint density at radius 1 is 1.33 bits per heavy atom.